The number of aliphatic hydroxyl groups excluding tert-OH is 1. The zero-order valence-electron chi connectivity index (χ0n) is 38.7. The lowest BCUT2D eigenvalue weighted by atomic mass is 9.82. The molecule has 0 saturated carbocycles. The number of Topliss-reactive ketones (excluding diaryl/α,β-unsaturated/α-hetero) is 1. The second-order valence-corrected chi connectivity index (χ2v) is 17.6. The van der Waals surface area contributed by atoms with E-state index < -0.39 is 77.5 Å². The highest BCUT2D eigenvalue weighted by molar-refractivity contribution is 7.93. The fourth-order valence-electron chi connectivity index (χ4n) is 9.07. The second kappa shape index (κ2) is 22.6. The molecule has 2 aromatic heterocycles. The molecule has 2 aromatic rings. The number of ketones is 1. The fourth-order valence-corrected chi connectivity index (χ4v) is 9.07. The molecule has 4 unspecified atom stereocenters. The summed E-state index contributed by atoms with van der Waals surface area (Å²) < 4.78 is 65.7. The van der Waals surface area contributed by atoms with Crippen LogP contribution in [-0.2, 0) is 44.6 Å². The molecule has 3 fully saturated rings. The normalized spacial score (nSPS) is 34.3. The highest BCUT2D eigenvalue weighted by atomic mass is 32.2. The predicted molar refractivity (Wildman–Crippen MR) is 229 cm³/mol. The van der Waals surface area contributed by atoms with Crippen molar-refractivity contribution in [1.82, 2.24) is 40.3 Å². The van der Waals surface area contributed by atoms with Crippen molar-refractivity contribution in [3.05, 3.63) is 24.5 Å². The smallest absolute Gasteiger partial charge is 0.410 e. The second-order valence-electron chi connectivity index (χ2n) is 17.3. The van der Waals surface area contributed by atoms with Crippen LogP contribution >= 0.6 is 12.1 Å². The summed E-state index contributed by atoms with van der Waals surface area (Å²) in [6, 6.07) is 2.09. The Morgan fingerprint density at radius 1 is 1.06 bits per heavy atom. The molecule has 2 N–H and O–H groups in total. The first-order valence-electron chi connectivity index (χ1n) is 21.5. The van der Waals surface area contributed by atoms with E-state index in [1.807, 2.05) is 39.8 Å². The van der Waals surface area contributed by atoms with E-state index in [1.54, 1.807) is 48.0 Å². The van der Waals surface area contributed by atoms with E-state index >= 15 is 4.39 Å². The standard InChI is InChI=1S/C41H65FN8O10.CH3FS/c1-12-31-40(7)33(50(38(54)60-40)19-14-13-18-49-23-29(46-47-49)28-16-15-17-44-45-28)27(5)43-22-24(2)21-41(55-10,56-11)35(26(4)34(52)39(6,42)37(53)58-31)59-36-32(51)30(48(8)9)20-25(3)57-36;1-3-2/h15-17,23-27,30-33,35-36,43,51H,12-14,18-22H2,1-11H3;1H3/t24-,25?,26+,27-,30?,31-,32?,33-,35-,36+,39?,40-;/m1./s1. The van der Waals surface area contributed by atoms with Gasteiger partial charge in [-0.25, -0.2) is 14.0 Å². The summed E-state index contributed by atoms with van der Waals surface area (Å²) in [7, 11) is 6.47. The maximum absolute atomic E-state index is 17.0. The van der Waals surface area contributed by atoms with Crippen molar-refractivity contribution in [2.45, 2.75) is 153 Å². The Morgan fingerprint density at radius 2 is 1.73 bits per heavy atom. The summed E-state index contributed by atoms with van der Waals surface area (Å²) in [4.78, 5) is 45.6. The first kappa shape index (κ1) is 52.2. The molecule has 3 aliphatic heterocycles. The Morgan fingerprint density at radius 3 is 2.33 bits per heavy atom. The summed E-state index contributed by atoms with van der Waals surface area (Å²) in [6.45, 7) is 12.6. The van der Waals surface area contributed by atoms with Crippen LogP contribution in [0.3, 0.4) is 0 Å². The van der Waals surface area contributed by atoms with Crippen LogP contribution in [0.2, 0.25) is 0 Å². The van der Waals surface area contributed by atoms with Gasteiger partial charge in [-0.3, -0.25) is 14.4 Å². The number of aryl methyl sites for hydroxylation is 1. The fraction of sp³-hybridized carbons (Fsp3) is 0.786. The van der Waals surface area contributed by atoms with Gasteiger partial charge in [0.2, 0.25) is 0 Å². The first-order valence-corrected chi connectivity index (χ1v) is 22.6. The van der Waals surface area contributed by atoms with Gasteiger partial charge in [-0.15, -0.1) is 10.2 Å². The number of methoxy groups -OCH3 is 2. The summed E-state index contributed by atoms with van der Waals surface area (Å²) in [5.74, 6) is -5.89. The third-order valence-corrected chi connectivity index (χ3v) is 12.4. The number of hydrogen-bond acceptors (Lipinski definition) is 17. The van der Waals surface area contributed by atoms with E-state index in [9.17, 15) is 23.4 Å². The number of rotatable bonds is 12. The highest BCUT2D eigenvalue weighted by Crippen LogP contribution is 2.41. The van der Waals surface area contributed by atoms with E-state index in [-0.39, 0.29) is 43.1 Å². The minimum atomic E-state index is -3.19. The molecule has 0 spiro atoms. The quantitative estimate of drug-likeness (QED) is 0.131. The van der Waals surface area contributed by atoms with E-state index in [1.165, 1.54) is 27.4 Å². The minimum Gasteiger partial charge on any atom is -0.455 e. The highest BCUT2D eigenvalue weighted by Gasteiger charge is 2.60. The van der Waals surface area contributed by atoms with Gasteiger partial charge in [0.1, 0.15) is 29.7 Å². The van der Waals surface area contributed by atoms with E-state index in [4.69, 9.17) is 28.4 Å². The Labute approximate surface area is 374 Å². The van der Waals surface area contributed by atoms with E-state index in [0.29, 0.717) is 50.3 Å². The number of cyclic esters (lactones) is 1. The molecule has 0 radical (unpaired) electrons. The monoisotopic (exact) mass is 914 g/mol. The summed E-state index contributed by atoms with van der Waals surface area (Å²) >= 11 is 0.250. The van der Waals surface area contributed by atoms with Gasteiger partial charge in [0.05, 0.1) is 24.3 Å². The summed E-state index contributed by atoms with van der Waals surface area (Å²) in [5.41, 5.74) is -3.44. The SMILES string of the molecule is CC[C@H]1OC(=O)C(C)(F)C(=O)[C@H](C)[C@@H](O[C@@H]2OC(C)CC(N(C)C)C2O)C(OC)(OC)C[C@@H](C)CN[C@H](C)[C@H]2N(CCCCn3cc(-c4cccnn4)nn3)C(=O)O[C@]12C.CSF. The molecule has 1 amide bonds. The number of aliphatic hydroxyl groups is 1. The number of fused-ring (bicyclic) bond motifs is 1. The van der Waals surface area contributed by atoms with Crippen molar-refractivity contribution in [2.75, 3.05) is 47.7 Å². The molecular weight excluding hydrogens is 847 g/mol. The Kier molecular flexibility index (Phi) is 18.8. The largest absolute Gasteiger partial charge is 0.455 e. The van der Waals surface area contributed by atoms with Gasteiger partial charge in [-0.1, -0.05) is 26.0 Å². The number of unbranched alkanes of at least 4 members (excludes halogenated alkanes) is 1. The Bertz CT molecular complexity index is 1780. The van der Waals surface area contributed by atoms with Gasteiger partial charge in [0, 0.05) is 70.4 Å². The van der Waals surface area contributed by atoms with Gasteiger partial charge < -0.3 is 43.7 Å². The van der Waals surface area contributed by atoms with Gasteiger partial charge in [0.25, 0.3) is 5.67 Å². The molecule has 0 bridgehead atoms. The number of halogens is 2. The van der Waals surface area contributed by atoms with Crippen molar-refractivity contribution in [3.8, 4) is 11.4 Å². The third-order valence-electron chi connectivity index (χ3n) is 12.4. The number of hydrogen-bond donors (Lipinski definition) is 2. The average molecular weight is 915 g/mol. The number of aromatic nitrogens is 5. The number of nitrogens with one attached hydrogen (secondary N) is 1. The number of esters is 1. The summed E-state index contributed by atoms with van der Waals surface area (Å²) in [5, 5.41) is 31.4. The molecule has 18 nitrogen and oxygen atoms in total. The average Bonchev–Trinajstić information content (AvgIpc) is 3.83. The molecule has 3 aliphatic rings. The Balaban J connectivity index is 0.00000282. The van der Waals surface area contributed by atoms with Crippen LogP contribution in [0.15, 0.2) is 24.5 Å². The number of ether oxygens (including phenoxy) is 6. The van der Waals surface area contributed by atoms with Crippen LogP contribution in [0, 0.1) is 11.8 Å². The maximum Gasteiger partial charge on any atom is 0.410 e. The van der Waals surface area contributed by atoms with Crippen LogP contribution in [0.1, 0.15) is 80.6 Å². The number of likely N-dealkylation sites (N-methyl/N-ethyl adjacent to an activating group) is 1. The van der Waals surface area contributed by atoms with Crippen molar-refractivity contribution < 1.29 is 56.2 Å². The van der Waals surface area contributed by atoms with Crippen LogP contribution in [0.25, 0.3) is 11.4 Å². The van der Waals surface area contributed by atoms with E-state index in [2.05, 4.69) is 25.8 Å². The van der Waals surface area contributed by atoms with E-state index in [0.717, 1.165) is 6.92 Å². The lowest BCUT2D eigenvalue weighted by molar-refractivity contribution is -0.341. The molecule has 5 rings (SSSR count). The molecule has 3 saturated heterocycles. The zero-order valence-corrected chi connectivity index (χ0v) is 39.5. The maximum atomic E-state index is 17.0. The first-order chi connectivity index (χ1) is 29.7. The molecule has 21 heteroatoms. The topological polar surface area (TPSA) is 202 Å². The Hall–Kier alpha value is -3.44. The van der Waals surface area contributed by atoms with Crippen LogP contribution in [-0.4, -0.2) is 171 Å². The van der Waals surface area contributed by atoms with Crippen LogP contribution in [0.4, 0.5) is 13.1 Å². The van der Waals surface area contributed by atoms with Crippen LogP contribution < -0.4 is 5.32 Å². The van der Waals surface area contributed by atoms with Crippen LogP contribution in [0.5, 0.6) is 0 Å². The molecule has 5 heterocycles. The predicted octanol–water partition coefficient (Wildman–Crippen LogP) is 4.40. The number of carbonyl (C=O) groups excluding carboxylic acids is 3. The van der Waals surface area contributed by atoms with Gasteiger partial charge in [-0.05, 0) is 92.1 Å². The lowest BCUT2D eigenvalue weighted by Gasteiger charge is -2.47. The lowest BCUT2D eigenvalue weighted by Crippen LogP contribution is -2.61. The van der Waals surface area contributed by atoms with Crippen molar-refractivity contribution in [2.24, 2.45) is 11.8 Å². The number of amides is 1. The van der Waals surface area contributed by atoms with Gasteiger partial charge in [0.15, 0.2) is 23.5 Å². The molecular formula is C42H68F2N8O10S. The van der Waals surface area contributed by atoms with Gasteiger partial charge in [-0.2, -0.15) is 8.98 Å². The van der Waals surface area contributed by atoms with Crippen molar-refractivity contribution in [1.29, 1.82) is 0 Å². The van der Waals surface area contributed by atoms with Gasteiger partial charge >= 0.3 is 12.1 Å². The molecule has 0 aliphatic carbocycles. The molecule has 63 heavy (non-hydrogen) atoms. The third kappa shape index (κ3) is 11.9. The number of alkyl halides is 1. The summed E-state index contributed by atoms with van der Waals surface area (Å²) in [6.07, 6.45) is 0.901. The molecule has 12 atom stereocenters. The molecule has 356 valence electrons. The zero-order chi connectivity index (χ0) is 46.9. The minimum absolute atomic E-state index is 0.129. The molecule has 0 aromatic carbocycles. The van der Waals surface area contributed by atoms with Crippen molar-refractivity contribution >= 4 is 30.0 Å². The number of carbonyl (C=O) groups is 3. The number of nitrogens with zero attached hydrogens (tertiary/aromatic N) is 7. The van der Waals surface area contributed by atoms with Crippen molar-refractivity contribution in [3.63, 3.8) is 0 Å².